The number of hydrogen-bond donors (Lipinski definition) is 0. The molecule has 3 heteroatoms. The molecule has 0 aliphatic carbocycles. The van der Waals surface area contributed by atoms with Crippen LogP contribution in [-0.4, -0.2) is 30.3 Å². The molecule has 1 fully saturated rings. The molecule has 0 aromatic heterocycles. The molecule has 1 heterocycles. The molecule has 2 rings (SSSR count). The molecule has 116 valence electrons. The van der Waals surface area contributed by atoms with Crippen LogP contribution < -0.4 is 0 Å². The molecule has 1 atom stereocenters. The van der Waals surface area contributed by atoms with Gasteiger partial charge in [-0.25, -0.2) is 0 Å². The summed E-state index contributed by atoms with van der Waals surface area (Å²) in [6.07, 6.45) is 7.24. The van der Waals surface area contributed by atoms with Crippen LogP contribution in [0.3, 0.4) is 0 Å². The van der Waals surface area contributed by atoms with E-state index in [0.29, 0.717) is 6.42 Å². The Labute approximate surface area is 137 Å². The van der Waals surface area contributed by atoms with Gasteiger partial charge in [-0.15, -0.1) is 0 Å². The highest BCUT2D eigenvalue weighted by Gasteiger charge is 2.17. The fraction of sp³-hybridized carbons (Fsp3) is 0.611. The zero-order chi connectivity index (χ0) is 15.1. The molecule has 0 radical (unpaired) electrons. The molecule has 0 saturated carbocycles. The van der Waals surface area contributed by atoms with E-state index in [-0.39, 0.29) is 5.78 Å². The van der Waals surface area contributed by atoms with Crippen molar-refractivity contribution in [3.63, 3.8) is 0 Å². The quantitative estimate of drug-likeness (QED) is 0.677. The van der Waals surface area contributed by atoms with Gasteiger partial charge in [0, 0.05) is 23.0 Å². The Morgan fingerprint density at radius 1 is 1.29 bits per heavy atom. The normalized spacial score (nSPS) is 20.2. The van der Waals surface area contributed by atoms with E-state index in [9.17, 15) is 4.79 Å². The summed E-state index contributed by atoms with van der Waals surface area (Å²) < 4.78 is 0.911. The van der Waals surface area contributed by atoms with Gasteiger partial charge in [0.05, 0.1) is 0 Å². The van der Waals surface area contributed by atoms with Crippen molar-refractivity contribution < 1.29 is 4.79 Å². The topological polar surface area (TPSA) is 20.3 Å². The Kier molecular flexibility index (Phi) is 6.91. The highest BCUT2D eigenvalue weighted by Crippen LogP contribution is 2.22. The minimum Gasteiger partial charge on any atom is -0.303 e. The third kappa shape index (κ3) is 5.23. The zero-order valence-corrected chi connectivity index (χ0v) is 14.6. The van der Waals surface area contributed by atoms with Gasteiger partial charge in [0.2, 0.25) is 0 Å². The van der Waals surface area contributed by atoms with Gasteiger partial charge in [-0.1, -0.05) is 53.9 Å². The molecule has 0 amide bonds. The Morgan fingerprint density at radius 3 is 2.86 bits per heavy atom. The van der Waals surface area contributed by atoms with Crippen molar-refractivity contribution in [3.05, 3.63) is 34.3 Å². The fourth-order valence-corrected chi connectivity index (χ4v) is 3.73. The van der Waals surface area contributed by atoms with E-state index in [1.165, 1.54) is 32.1 Å². The van der Waals surface area contributed by atoms with Gasteiger partial charge in [-0.3, -0.25) is 4.79 Å². The molecular weight excluding hydrogens is 326 g/mol. The fourth-order valence-electron chi connectivity index (χ4n) is 3.23. The lowest BCUT2D eigenvalue weighted by molar-refractivity contribution is 0.0964. The molecule has 1 aromatic carbocycles. The molecule has 0 N–H and O–H groups in total. The first-order chi connectivity index (χ1) is 10.2. The van der Waals surface area contributed by atoms with Gasteiger partial charge < -0.3 is 4.90 Å². The van der Waals surface area contributed by atoms with Crippen LogP contribution in [0.5, 0.6) is 0 Å². The summed E-state index contributed by atoms with van der Waals surface area (Å²) in [5, 5.41) is 0. The molecule has 1 aromatic rings. The summed E-state index contributed by atoms with van der Waals surface area (Å²) in [7, 11) is 0. The molecular formula is C18H26BrNO. The number of nitrogens with zero attached hydrogens (tertiary/aromatic N) is 1. The number of Topliss-reactive ketones (excluding diaryl/α,β-unsaturated/α-hetero) is 1. The van der Waals surface area contributed by atoms with E-state index in [1.807, 2.05) is 24.3 Å². The second-order valence-electron chi connectivity index (χ2n) is 6.08. The minimum atomic E-state index is 0.247. The maximum Gasteiger partial charge on any atom is 0.165 e. The van der Waals surface area contributed by atoms with E-state index in [2.05, 4.69) is 27.8 Å². The van der Waals surface area contributed by atoms with E-state index in [0.717, 1.165) is 35.6 Å². The van der Waals surface area contributed by atoms with Gasteiger partial charge >= 0.3 is 0 Å². The number of rotatable bonds is 6. The number of benzene rings is 1. The van der Waals surface area contributed by atoms with Crippen LogP contribution in [0.4, 0.5) is 0 Å². The van der Waals surface area contributed by atoms with Crippen LogP contribution in [0.25, 0.3) is 0 Å². The van der Waals surface area contributed by atoms with Crippen LogP contribution in [0, 0.1) is 5.92 Å². The third-order valence-electron chi connectivity index (χ3n) is 4.47. The van der Waals surface area contributed by atoms with E-state index in [1.54, 1.807) is 0 Å². The van der Waals surface area contributed by atoms with E-state index in [4.69, 9.17) is 0 Å². The first kappa shape index (κ1) is 16.7. The van der Waals surface area contributed by atoms with Crippen molar-refractivity contribution in [2.75, 3.05) is 19.6 Å². The lowest BCUT2D eigenvalue weighted by Gasteiger charge is -2.19. The molecule has 1 aliphatic rings. The highest BCUT2D eigenvalue weighted by molar-refractivity contribution is 9.10. The highest BCUT2D eigenvalue weighted by atomic mass is 79.9. The second kappa shape index (κ2) is 8.70. The minimum absolute atomic E-state index is 0.247. The molecule has 1 saturated heterocycles. The van der Waals surface area contributed by atoms with Gasteiger partial charge in [0.1, 0.15) is 0 Å². The number of halogens is 1. The maximum absolute atomic E-state index is 12.3. The zero-order valence-electron chi connectivity index (χ0n) is 13.0. The molecule has 2 nitrogen and oxygen atoms in total. The van der Waals surface area contributed by atoms with Crippen LogP contribution >= 0.6 is 15.9 Å². The average molecular weight is 352 g/mol. The lowest BCUT2D eigenvalue weighted by Crippen LogP contribution is -2.27. The van der Waals surface area contributed by atoms with E-state index < -0.39 is 0 Å². The number of ketones is 1. The Morgan fingerprint density at radius 2 is 2.10 bits per heavy atom. The summed E-state index contributed by atoms with van der Waals surface area (Å²) in [5.74, 6) is 1.15. The second-order valence-corrected chi connectivity index (χ2v) is 6.93. The summed E-state index contributed by atoms with van der Waals surface area (Å²) in [4.78, 5) is 14.8. The number of carbonyl (C=O) groups is 1. The molecule has 0 bridgehead atoms. The Hall–Kier alpha value is -0.670. The largest absolute Gasteiger partial charge is 0.303 e. The van der Waals surface area contributed by atoms with Gasteiger partial charge in [-0.05, 0) is 44.3 Å². The Balaban J connectivity index is 1.80. The number of carbonyl (C=O) groups excluding carboxylic acids is 1. The molecule has 1 aliphatic heterocycles. The smallest absolute Gasteiger partial charge is 0.165 e. The summed E-state index contributed by atoms with van der Waals surface area (Å²) in [5.41, 5.74) is 0.816. The predicted molar refractivity (Wildman–Crippen MR) is 91.8 cm³/mol. The van der Waals surface area contributed by atoms with E-state index >= 15 is 0 Å². The van der Waals surface area contributed by atoms with Gasteiger partial charge in [-0.2, -0.15) is 0 Å². The van der Waals surface area contributed by atoms with Crippen molar-refractivity contribution in [2.45, 2.75) is 45.4 Å². The van der Waals surface area contributed by atoms with Crippen LogP contribution in [0.15, 0.2) is 28.7 Å². The maximum atomic E-state index is 12.3. The monoisotopic (exact) mass is 351 g/mol. The molecule has 1 unspecified atom stereocenters. The van der Waals surface area contributed by atoms with Crippen molar-refractivity contribution in [1.29, 1.82) is 0 Å². The summed E-state index contributed by atoms with van der Waals surface area (Å²) >= 11 is 3.47. The van der Waals surface area contributed by atoms with Crippen molar-refractivity contribution in [3.8, 4) is 0 Å². The summed E-state index contributed by atoms with van der Waals surface area (Å²) in [6, 6.07) is 7.73. The SMILES string of the molecule is CCCC1CCCN(CCC(=O)c2ccccc2Br)CC1. The molecule has 21 heavy (non-hydrogen) atoms. The first-order valence-corrected chi connectivity index (χ1v) is 9.00. The number of likely N-dealkylation sites (tertiary alicyclic amines) is 1. The standard InChI is InChI=1S/C18H26BrNO/c1-2-6-15-7-5-12-20(13-10-15)14-11-18(21)16-8-3-4-9-17(16)19/h3-4,8-9,15H,2,5-7,10-14H2,1H3. The van der Waals surface area contributed by atoms with Crippen LogP contribution in [-0.2, 0) is 0 Å². The van der Waals surface area contributed by atoms with Crippen molar-refractivity contribution >= 4 is 21.7 Å². The Bertz CT molecular complexity index is 460. The van der Waals surface area contributed by atoms with Crippen LogP contribution in [0.1, 0.15) is 55.8 Å². The van der Waals surface area contributed by atoms with Gasteiger partial charge in [0.15, 0.2) is 5.78 Å². The lowest BCUT2D eigenvalue weighted by atomic mass is 9.96. The van der Waals surface area contributed by atoms with Gasteiger partial charge in [0.25, 0.3) is 0 Å². The molecule has 0 spiro atoms. The first-order valence-electron chi connectivity index (χ1n) is 8.20. The van der Waals surface area contributed by atoms with Crippen LogP contribution in [0.2, 0.25) is 0 Å². The van der Waals surface area contributed by atoms with Crippen molar-refractivity contribution in [2.24, 2.45) is 5.92 Å². The summed E-state index contributed by atoms with van der Waals surface area (Å²) in [6.45, 7) is 5.50. The van der Waals surface area contributed by atoms with Crippen molar-refractivity contribution in [1.82, 2.24) is 4.90 Å². The predicted octanol–water partition coefficient (Wildman–Crippen LogP) is 4.92. The number of hydrogen-bond acceptors (Lipinski definition) is 2. The average Bonchev–Trinajstić information content (AvgIpc) is 2.71. The third-order valence-corrected chi connectivity index (χ3v) is 5.16.